The highest BCUT2D eigenvalue weighted by atomic mass is 16.5. The highest BCUT2D eigenvalue weighted by Gasteiger charge is 2.73. The minimum absolute atomic E-state index is 0.00579. The number of esters is 1. The number of hydrogen-bond acceptors (Lipinski definition) is 8. The number of amides is 2. The lowest BCUT2D eigenvalue weighted by atomic mass is 9.33. The molecule has 1 heterocycles. The first-order chi connectivity index (χ1) is 30.7. The fourth-order valence-corrected chi connectivity index (χ4v) is 16.2. The van der Waals surface area contributed by atoms with Gasteiger partial charge in [0.15, 0.2) is 0 Å². The Hall–Kier alpha value is -2.99. The van der Waals surface area contributed by atoms with Crippen molar-refractivity contribution in [3.05, 3.63) is 12.2 Å². The molecule has 374 valence electrons. The van der Waals surface area contributed by atoms with Gasteiger partial charge in [-0.25, -0.2) is 0 Å². The van der Waals surface area contributed by atoms with Crippen LogP contribution in [0.15, 0.2) is 12.2 Å². The zero-order valence-corrected chi connectivity index (χ0v) is 42.7. The van der Waals surface area contributed by atoms with Gasteiger partial charge in [0, 0.05) is 30.5 Å². The number of carbonyl (C=O) groups excluding carboxylic acids is 3. The van der Waals surface area contributed by atoms with Crippen LogP contribution in [-0.2, 0) is 28.7 Å². The van der Waals surface area contributed by atoms with E-state index < -0.39 is 34.8 Å². The van der Waals surface area contributed by atoms with E-state index in [4.69, 9.17) is 21.3 Å². The zero-order valence-electron chi connectivity index (χ0n) is 42.7. The Balaban J connectivity index is 0.000000645. The highest BCUT2D eigenvalue weighted by molar-refractivity contribution is 5.86. The number of carboxylic acids is 2. The molecule has 3 unspecified atom stereocenters. The maximum absolute atomic E-state index is 15.1. The van der Waals surface area contributed by atoms with Gasteiger partial charge >= 0.3 is 17.9 Å². The summed E-state index contributed by atoms with van der Waals surface area (Å²) in [5.41, 5.74) is 9.80. The molecule has 2 amide bonds. The van der Waals surface area contributed by atoms with Crippen molar-refractivity contribution in [3.63, 3.8) is 0 Å². The van der Waals surface area contributed by atoms with Crippen molar-refractivity contribution in [2.75, 3.05) is 19.6 Å². The molecule has 0 spiro atoms. The molecule has 6 aliphatic carbocycles. The summed E-state index contributed by atoms with van der Waals surface area (Å²) < 4.78 is 6.19. The molecular weight excluding hydrogens is 833 g/mol. The van der Waals surface area contributed by atoms with Crippen molar-refractivity contribution >= 4 is 29.7 Å². The molecule has 13 atom stereocenters. The minimum atomic E-state index is -1.16. The van der Waals surface area contributed by atoms with Crippen molar-refractivity contribution in [1.29, 1.82) is 0 Å². The van der Waals surface area contributed by atoms with Crippen LogP contribution in [0.2, 0.25) is 0 Å². The van der Waals surface area contributed by atoms with Crippen LogP contribution in [0.4, 0.5) is 0 Å². The van der Waals surface area contributed by atoms with Crippen LogP contribution < -0.4 is 16.8 Å². The first kappa shape index (κ1) is 52.4. The third-order valence-electron chi connectivity index (χ3n) is 20.7. The van der Waals surface area contributed by atoms with Gasteiger partial charge in [0.2, 0.25) is 11.8 Å². The zero-order chi connectivity index (χ0) is 49.0. The van der Waals surface area contributed by atoms with Crippen LogP contribution >= 0.6 is 0 Å². The molecule has 7 aliphatic rings. The molecular formula is C54H90N4O8. The van der Waals surface area contributed by atoms with E-state index in [9.17, 15) is 24.3 Å². The molecule has 0 aromatic carbocycles. The molecule has 0 radical (unpaired) electrons. The molecule has 7 N–H and O–H groups in total. The lowest BCUT2D eigenvalue weighted by molar-refractivity contribution is -0.240. The van der Waals surface area contributed by atoms with Crippen LogP contribution in [0.3, 0.4) is 0 Å². The van der Waals surface area contributed by atoms with Gasteiger partial charge in [0.25, 0.3) is 0 Å². The highest BCUT2D eigenvalue weighted by Crippen LogP contribution is 2.78. The Morgan fingerprint density at radius 1 is 0.818 bits per heavy atom. The fraction of sp³-hybridized carbons (Fsp3) is 0.870. The van der Waals surface area contributed by atoms with E-state index in [2.05, 4.69) is 72.2 Å². The molecule has 0 aromatic heterocycles. The van der Waals surface area contributed by atoms with Crippen LogP contribution in [0, 0.1) is 73.4 Å². The number of fused-ring (bicyclic) bond motifs is 7. The smallest absolute Gasteiger partial charge is 0.320 e. The van der Waals surface area contributed by atoms with E-state index in [0.29, 0.717) is 42.5 Å². The predicted molar refractivity (Wildman–Crippen MR) is 258 cm³/mol. The Morgan fingerprint density at radius 2 is 1.48 bits per heavy atom. The molecule has 1 saturated heterocycles. The van der Waals surface area contributed by atoms with Crippen molar-refractivity contribution in [3.8, 4) is 0 Å². The number of piperidine rings is 1. The van der Waals surface area contributed by atoms with Crippen molar-refractivity contribution in [2.45, 2.75) is 203 Å². The van der Waals surface area contributed by atoms with Crippen molar-refractivity contribution in [1.82, 2.24) is 10.2 Å². The maximum atomic E-state index is 15.1. The Kier molecular flexibility index (Phi) is 15.1. The number of ether oxygens (including phenoxy) is 1. The SMILES string of the molecule is C=C(C)[C@@H]1CC[C@]2(C(=O)NC3C[C@H](C(=O)N4CCCCC4)C3(C)C)CC[C@@]3(C)C4CC[C@H]5C(C)(C)[C@@H](OC(=O)CC(C)(C)C(=O)O)CC[C@]5(C)[C@H]4CC[C@]3(C)C12.NCCCC[C@H](N)C(=O)O. The first-order valence-corrected chi connectivity index (χ1v) is 26.0. The van der Waals surface area contributed by atoms with E-state index in [0.717, 1.165) is 109 Å². The number of nitrogens with two attached hydrogens (primary N) is 2. The second kappa shape index (κ2) is 19.1. The number of rotatable bonds is 13. The van der Waals surface area contributed by atoms with E-state index in [1.807, 2.05) is 0 Å². The number of aliphatic carboxylic acids is 2. The summed E-state index contributed by atoms with van der Waals surface area (Å²) in [6.45, 7) is 29.0. The standard InChI is InChI=1S/C48H76N2O6.C6H14N2O2/c1-29(2)30-17-22-48(40(53)49-35-27-33(43(35,5)6)39(52)50-25-13-12-14-26-50)24-23-46(10)32-15-16-34-44(7,8)36(56-37(51)28-42(3,4)41(54)55)19-20-45(34,9)31(32)18-21-47(46,11)38(30)48;7-4-2-1-3-5(8)6(9)10/h30-36,38H,1,12-28H2,2-11H3,(H,49,53)(H,54,55);5H,1-4,7-8H2,(H,9,10)/t30-,31-,32?,33+,34-,35?,36-,38?,45+,46-,47+,48-;5-/m00/s1. The monoisotopic (exact) mass is 923 g/mol. The van der Waals surface area contributed by atoms with Crippen LogP contribution in [0.1, 0.15) is 185 Å². The first-order valence-electron chi connectivity index (χ1n) is 26.0. The number of nitrogens with one attached hydrogen (secondary N) is 1. The summed E-state index contributed by atoms with van der Waals surface area (Å²) in [5.74, 6) is 0.296. The summed E-state index contributed by atoms with van der Waals surface area (Å²) in [6, 6.07) is -0.701. The molecule has 1 aliphatic heterocycles. The molecule has 66 heavy (non-hydrogen) atoms. The third kappa shape index (κ3) is 9.03. The summed E-state index contributed by atoms with van der Waals surface area (Å²) >= 11 is 0. The second-order valence-electron chi connectivity index (χ2n) is 25.3. The molecule has 12 heteroatoms. The maximum Gasteiger partial charge on any atom is 0.320 e. The Bertz CT molecular complexity index is 1860. The molecule has 7 rings (SSSR count). The van der Waals surface area contributed by atoms with E-state index >= 15 is 4.79 Å². The lowest BCUT2D eigenvalue weighted by Gasteiger charge is -2.72. The summed E-state index contributed by atoms with van der Waals surface area (Å²) in [6.07, 6.45) is 16.2. The lowest BCUT2D eigenvalue weighted by Crippen LogP contribution is -2.69. The average molecular weight is 923 g/mol. The number of unbranched alkanes of at least 4 members (excludes halogenated alkanes) is 1. The molecule has 12 nitrogen and oxygen atoms in total. The molecule has 7 fully saturated rings. The van der Waals surface area contributed by atoms with Gasteiger partial charge in [-0.15, -0.1) is 0 Å². The van der Waals surface area contributed by atoms with Gasteiger partial charge in [0.05, 0.1) is 17.3 Å². The van der Waals surface area contributed by atoms with Gasteiger partial charge in [0.1, 0.15) is 12.1 Å². The van der Waals surface area contributed by atoms with Crippen LogP contribution in [-0.4, -0.2) is 82.7 Å². The van der Waals surface area contributed by atoms with Gasteiger partial charge in [-0.1, -0.05) is 67.0 Å². The number of nitrogens with zero attached hydrogens (tertiary/aromatic N) is 1. The molecule has 0 aromatic rings. The summed E-state index contributed by atoms with van der Waals surface area (Å²) in [5, 5.41) is 21.6. The minimum Gasteiger partial charge on any atom is -0.481 e. The second-order valence-corrected chi connectivity index (χ2v) is 25.3. The van der Waals surface area contributed by atoms with Crippen LogP contribution in [0.5, 0.6) is 0 Å². The van der Waals surface area contributed by atoms with E-state index in [-0.39, 0.29) is 63.4 Å². The topological polar surface area (TPSA) is 202 Å². The van der Waals surface area contributed by atoms with Crippen LogP contribution in [0.25, 0.3) is 0 Å². The number of hydrogen-bond donors (Lipinski definition) is 5. The van der Waals surface area contributed by atoms with Crippen molar-refractivity contribution in [2.24, 2.45) is 84.9 Å². The van der Waals surface area contributed by atoms with Gasteiger partial charge in [-0.3, -0.25) is 24.0 Å². The fourth-order valence-electron chi connectivity index (χ4n) is 16.2. The molecule has 6 saturated carbocycles. The quantitative estimate of drug-likeness (QED) is 0.0674. The Morgan fingerprint density at radius 3 is 2.08 bits per heavy atom. The number of likely N-dealkylation sites (tertiary alicyclic amines) is 1. The number of allylic oxidation sites excluding steroid dienone is 1. The van der Waals surface area contributed by atoms with E-state index in [1.54, 1.807) is 13.8 Å². The normalized spacial score (nSPS) is 39.1. The number of carboxylic acid groups (broad SMARTS) is 2. The van der Waals surface area contributed by atoms with Gasteiger partial charge in [-0.2, -0.15) is 0 Å². The average Bonchev–Trinajstić information content (AvgIpc) is 3.67. The number of carbonyl (C=O) groups is 5. The predicted octanol–water partition coefficient (Wildman–Crippen LogP) is 9.13. The summed E-state index contributed by atoms with van der Waals surface area (Å²) in [4.78, 5) is 65.8. The summed E-state index contributed by atoms with van der Waals surface area (Å²) in [7, 11) is 0. The van der Waals surface area contributed by atoms with Gasteiger partial charge in [-0.05, 0) is 181 Å². The van der Waals surface area contributed by atoms with Crippen molar-refractivity contribution < 1.29 is 38.9 Å². The Labute approximate surface area is 397 Å². The molecule has 0 bridgehead atoms. The van der Waals surface area contributed by atoms with E-state index in [1.165, 1.54) is 12.0 Å². The third-order valence-corrected chi connectivity index (χ3v) is 20.7. The largest absolute Gasteiger partial charge is 0.481 e. The van der Waals surface area contributed by atoms with Gasteiger partial charge < -0.3 is 36.6 Å².